The number of ether oxygens (including phenoxy) is 1. The molecule has 246 valence electrons. The van der Waals surface area contributed by atoms with Gasteiger partial charge < -0.3 is 30.7 Å². The molecular formula is C37H48N4O5. The summed E-state index contributed by atoms with van der Waals surface area (Å²) in [4.78, 5) is 41.6. The third kappa shape index (κ3) is 9.81. The van der Waals surface area contributed by atoms with Crippen LogP contribution in [0.1, 0.15) is 58.5 Å². The maximum Gasteiger partial charge on any atom is 0.318 e. The number of hydrogen-bond acceptors (Lipinski definition) is 5. The number of amides is 4. The van der Waals surface area contributed by atoms with Crippen molar-refractivity contribution in [3.05, 3.63) is 101 Å². The van der Waals surface area contributed by atoms with Crippen LogP contribution < -0.4 is 20.7 Å². The molecule has 0 radical (unpaired) electrons. The highest BCUT2D eigenvalue weighted by Crippen LogP contribution is 2.22. The Balaban J connectivity index is 1.72. The maximum atomic E-state index is 14.1. The maximum absolute atomic E-state index is 14.1. The number of para-hydroxylation sites is 1. The molecule has 0 saturated carbocycles. The highest BCUT2D eigenvalue weighted by atomic mass is 16.5. The molecule has 3 aromatic rings. The fraction of sp³-hybridized carbons (Fsp3) is 0.432. The van der Waals surface area contributed by atoms with Gasteiger partial charge in [0.05, 0.1) is 19.0 Å². The van der Waals surface area contributed by atoms with Gasteiger partial charge in [0.15, 0.2) is 6.61 Å². The minimum Gasteiger partial charge on any atom is -0.483 e. The summed E-state index contributed by atoms with van der Waals surface area (Å²) in [5.74, 6) is -1.22. The zero-order chi connectivity index (χ0) is 39.2. The summed E-state index contributed by atoms with van der Waals surface area (Å²) in [6.07, 6.45) is -4.30. The number of aryl methyl sites for hydroxylation is 2. The Labute approximate surface area is 282 Å². The van der Waals surface area contributed by atoms with Gasteiger partial charge in [0.2, 0.25) is 5.91 Å². The van der Waals surface area contributed by atoms with Crippen LogP contribution in [0.25, 0.3) is 0 Å². The third-order valence-electron chi connectivity index (χ3n) is 7.83. The monoisotopic (exact) mass is 635 g/mol. The first-order valence-electron chi connectivity index (χ1n) is 19.1. The first-order valence-corrected chi connectivity index (χ1v) is 15.6. The van der Waals surface area contributed by atoms with Crippen molar-refractivity contribution in [3.8, 4) is 5.75 Å². The number of carbonyl (C=O) groups is 3. The van der Waals surface area contributed by atoms with Gasteiger partial charge in [-0.3, -0.25) is 9.59 Å². The summed E-state index contributed by atoms with van der Waals surface area (Å²) in [5, 5.41) is 20.0. The van der Waals surface area contributed by atoms with Crippen LogP contribution in [-0.2, 0) is 22.4 Å². The fourth-order valence-corrected chi connectivity index (χ4v) is 5.59. The lowest BCUT2D eigenvalue weighted by Crippen LogP contribution is -2.59. The van der Waals surface area contributed by atoms with E-state index in [-0.39, 0.29) is 19.6 Å². The Hall–Kier alpha value is -4.37. The summed E-state index contributed by atoms with van der Waals surface area (Å²) >= 11 is 0. The molecule has 0 bridgehead atoms. The van der Waals surface area contributed by atoms with Crippen LogP contribution in [0.2, 0.25) is 0 Å². The second kappa shape index (κ2) is 16.8. The van der Waals surface area contributed by atoms with Crippen molar-refractivity contribution in [2.75, 3.05) is 19.7 Å². The standard InChI is InChI=1S/C37H48N4O5/c1-25(2)34(41-20-12-19-38-37(41)45)36(44)39-30(21-28-15-7-5-8-16-28)23-32(42)31(22-29-17-9-6-10-18-29)40-33(43)24-46-35-26(3)13-11-14-27(35)4/h5-11,13-18,25,30-32,34,42H,12,19-24H2,1-4H3,(H,38,45)(H,39,44)(H,40,43)/t30-,31-,32-,34-/m0/s1/i5D,7D,8D,15D,16D,21D2. The molecular weight excluding hydrogens is 580 g/mol. The number of benzene rings is 3. The zero-order valence-corrected chi connectivity index (χ0v) is 26.8. The molecule has 1 aliphatic heterocycles. The molecule has 3 aromatic carbocycles. The van der Waals surface area contributed by atoms with Crippen molar-refractivity contribution in [1.82, 2.24) is 20.9 Å². The average Bonchev–Trinajstić information content (AvgIpc) is 3.10. The van der Waals surface area contributed by atoms with Gasteiger partial charge in [-0.2, -0.15) is 0 Å². The number of nitrogens with one attached hydrogen (secondary N) is 3. The van der Waals surface area contributed by atoms with Crippen molar-refractivity contribution >= 4 is 17.8 Å². The number of hydrogen-bond donors (Lipinski definition) is 4. The topological polar surface area (TPSA) is 120 Å². The van der Waals surface area contributed by atoms with E-state index in [0.29, 0.717) is 18.7 Å². The molecule has 1 fully saturated rings. The van der Waals surface area contributed by atoms with Crippen LogP contribution in [0.3, 0.4) is 0 Å². The second-order valence-corrected chi connectivity index (χ2v) is 11.8. The van der Waals surface area contributed by atoms with Crippen molar-refractivity contribution in [2.45, 2.75) is 77.6 Å². The predicted octanol–water partition coefficient (Wildman–Crippen LogP) is 4.33. The lowest BCUT2D eigenvalue weighted by molar-refractivity contribution is -0.128. The predicted molar refractivity (Wildman–Crippen MR) is 180 cm³/mol. The molecule has 46 heavy (non-hydrogen) atoms. The fourth-order valence-electron chi connectivity index (χ4n) is 5.59. The number of aliphatic hydroxyl groups excluding tert-OH is 1. The number of urea groups is 1. The third-order valence-corrected chi connectivity index (χ3v) is 7.83. The Morgan fingerprint density at radius 3 is 2.37 bits per heavy atom. The lowest BCUT2D eigenvalue weighted by Gasteiger charge is -2.37. The smallest absolute Gasteiger partial charge is 0.318 e. The van der Waals surface area contributed by atoms with Gasteiger partial charge in [-0.1, -0.05) is 92.6 Å². The Morgan fingerprint density at radius 2 is 1.72 bits per heavy atom. The molecule has 9 heteroatoms. The molecule has 9 nitrogen and oxygen atoms in total. The summed E-state index contributed by atoms with van der Waals surface area (Å²) < 4.78 is 65.9. The quantitative estimate of drug-likeness (QED) is 0.198. The minimum atomic E-state index is -2.86. The number of nitrogens with zero attached hydrogens (tertiary/aromatic N) is 1. The molecule has 0 spiro atoms. The van der Waals surface area contributed by atoms with E-state index in [1.165, 1.54) is 4.90 Å². The van der Waals surface area contributed by atoms with Gasteiger partial charge in [-0.05, 0) is 67.7 Å². The molecule has 4 amide bonds. The van der Waals surface area contributed by atoms with Gasteiger partial charge in [0, 0.05) is 21.9 Å². The normalized spacial score (nSPS) is 18.3. The first kappa shape index (κ1) is 25.8. The SMILES string of the molecule is [2H]c1c([2H])c([2H])c(C([2H])([2H])[C@@H](C[C@H](O)[C@H](Cc2ccccc2)NC(=O)COc2c(C)cccc2C)NC(=O)[C@H](C(C)C)N2CCCNC2=O)c([2H])c1[2H]. The Morgan fingerprint density at radius 1 is 1.02 bits per heavy atom. The molecule has 0 unspecified atom stereocenters. The van der Waals surface area contributed by atoms with E-state index < -0.39 is 96.6 Å². The summed E-state index contributed by atoms with van der Waals surface area (Å²) in [6, 6.07) is 6.39. The van der Waals surface area contributed by atoms with Crippen molar-refractivity contribution in [3.63, 3.8) is 0 Å². The molecule has 1 saturated heterocycles. The largest absolute Gasteiger partial charge is 0.483 e. The second-order valence-electron chi connectivity index (χ2n) is 11.8. The Bertz CT molecular complexity index is 1750. The molecule has 1 aliphatic rings. The van der Waals surface area contributed by atoms with Crippen LogP contribution in [0, 0.1) is 19.8 Å². The molecule has 0 aliphatic carbocycles. The van der Waals surface area contributed by atoms with Gasteiger partial charge in [0.1, 0.15) is 11.8 Å². The van der Waals surface area contributed by atoms with E-state index in [1.807, 2.05) is 32.0 Å². The van der Waals surface area contributed by atoms with Crippen LogP contribution in [0.4, 0.5) is 4.79 Å². The molecule has 0 aromatic heterocycles. The Kier molecular flexibility index (Phi) is 9.42. The zero-order valence-electron chi connectivity index (χ0n) is 33.8. The van der Waals surface area contributed by atoms with E-state index in [4.69, 9.17) is 11.6 Å². The van der Waals surface area contributed by atoms with Gasteiger partial charge in [-0.15, -0.1) is 0 Å². The summed E-state index contributed by atoms with van der Waals surface area (Å²) in [7, 11) is 0. The highest BCUT2D eigenvalue weighted by molar-refractivity contribution is 5.87. The summed E-state index contributed by atoms with van der Waals surface area (Å²) in [5.41, 5.74) is 1.68. The number of rotatable bonds is 15. The number of aliphatic hydroxyl groups is 1. The highest BCUT2D eigenvalue weighted by Gasteiger charge is 2.35. The molecule has 4 atom stereocenters. The van der Waals surface area contributed by atoms with Crippen molar-refractivity contribution in [2.24, 2.45) is 5.92 Å². The first-order chi connectivity index (χ1) is 24.9. The van der Waals surface area contributed by atoms with Crippen LogP contribution in [0.15, 0.2) is 78.7 Å². The lowest BCUT2D eigenvalue weighted by atomic mass is 9.92. The van der Waals surface area contributed by atoms with Crippen molar-refractivity contribution < 1.29 is 33.8 Å². The number of carbonyl (C=O) groups excluding carboxylic acids is 3. The van der Waals surface area contributed by atoms with Gasteiger partial charge >= 0.3 is 6.03 Å². The van der Waals surface area contributed by atoms with E-state index in [0.717, 1.165) is 16.7 Å². The van der Waals surface area contributed by atoms with E-state index in [1.54, 1.807) is 44.2 Å². The van der Waals surface area contributed by atoms with Crippen LogP contribution >= 0.6 is 0 Å². The minimum absolute atomic E-state index is 0.0953. The van der Waals surface area contributed by atoms with E-state index in [9.17, 15) is 22.2 Å². The molecule has 1 heterocycles. The van der Waals surface area contributed by atoms with E-state index in [2.05, 4.69) is 16.0 Å². The van der Waals surface area contributed by atoms with Gasteiger partial charge in [0.25, 0.3) is 5.91 Å². The van der Waals surface area contributed by atoms with Gasteiger partial charge in [-0.25, -0.2) is 4.79 Å². The van der Waals surface area contributed by atoms with Crippen LogP contribution in [-0.4, -0.2) is 71.8 Å². The average molecular weight is 636 g/mol. The molecule has 4 rings (SSSR count). The van der Waals surface area contributed by atoms with E-state index >= 15 is 0 Å². The van der Waals surface area contributed by atoms with Crippen LogP contribution in [0.5, 0.6) is 5.75 Å². The molecule has 4 N–H and O–H groups in total. The van der Waals surface area contributed by atoms with Crippen molar-refractivity contribution in [1.29, 1.82) is 0 Å². The summed E-state index contributed by atoms with van der Waals surface area (Å²) in [6.45, 7) is 7.46.